The maximum absolute atomic E-state index is 12.8. The number of amides is 1. The van der Waals surface area contributed by atoms with Crippen LogP contribution in [0.5, 0.6) is 5.75 Å². The maximum Gasteiger partial charge on any atom is 0.419 e. The van der Waals surface area contributed by atoms with E-state index in [0.29, 0.717) is 35.2 Å². The Hall–Kier alpha value is -3.49. The Balaban J connectivity index is 1.49. The average Bonchev–Trinajstić information content (AvgIpc) is 3.06. The molecule has 1 aliphatic rings. The predicted octanol–water partition coefficient (Wildman–Crippen LogP) is 6.73. The first-order chi connectivity index (χ1) is 16.3. The van der Waals surface area contributed by atoms with Crippen molar-refractivity contribution >= 4 is 28.6 Å². The molecule has 0 unspecified atom stereocenters. The number of rotatable bonds is 4. The number of carbonyl (C=O) groups excluding carboxylic acids is 2. The smallest absolute Gasteiger partial charge is 0.419 e. The molecular formula is C26H27F3N2O4. The minimum absolute atomic E-state index is 0.0862. The van der Waals surface area contributed by atoms with Crippen molar-refractivity contribution in [1.29, 1.82) is 0 Å². The van der Waals surface area contributed by atoms with Gasteiger partial charge in [-0.2, -0.15) is 13.2 Å². The van der Waals surface area contributed by atoms with E-state index >= 15 is 0 Å². The molecule has 2 aromatic carbocycles. The van der Waals surface area contributed by atoms with Crippen LogP contribution >= 0.6 is 0 Å². The molecule has 186 valence electrons. The van der Waals surface area contributed by atoms with Crippen LogP contribution in [0.25, 0.3) is 10.9 Å². The van der Waals surface area contributed by atoms with Crippen LogP contribution in [0.15, 0.2) is 48.7 Å². The maximum atomic E-state index is 12.8. The number of hydrogen-bond donors (Lipinski definition) is 1. The molecule has 1 saturated carbocycles. The third kappa shape index (κ3) is 5.61. The largest absolute Gasteiger partial charge is 0.490 e. The lowest BCUT2D eigenvalue weighted by molar-refractivity contribution is -0.137. The van der Waals surface area contributed by atoms with Gasteiger partial charge in [-0.3, -0.25) is 9.36 Å². The highest BCUT2D eigenvalue weighted by Crippen LogP contribution is 2.41. The quantitative estimate of drug-likeness (QED) is 0.442. The highest BCUT2D eigenvalue weighted by atomic mass is 19.4. The van der Waals surface area contributed by atoms with E-state index in [2.05, 4.69) is 5.32 Å². The number of aromatic nitrogens is 1. The van der Waals surface area contributed by atoms with Crippen LogP contribution in [0, 0.1) is 0 Å². The van der Waals surface area contributed by atoms with Gasteiger partial charge >= 0.3 is 12.3 Å². The van der Waals surface area contributed by atoms with Gasteiger partial charge in [-0.25, -0.2) is 4.79 Å². The lowest BCUT2D eigenvalue weighted by Crippen LogP contribution is -2.32. The predicted molar refractivity (Wildman–Crippen MR) is 126 cm³/mol. The van der Waals surface area contributed by atoms with Crippen LogP contribution in [-0.2, 0) is 15.7 Å². The fourth-order valence-corrected chi connectivity index (χ4v) is 4.10. The molecule has 1 aromatic heterocycles. The first-order valence-corrected chi connectivity index (χ1v) is 11.3. The number of hydrogen-bond acceptors (Lipinski definition) is 4. The molecule has 1 fully saturated rings. The standard InChI is InChI=1S/C26H27F3N2O4/c1-15(32)30-22-14-31(24(33)35-25(2,3)4)23-10-9-19(13-21(22)23)34-20-11-17(12-20)16-5-7-18(8-6-16)26(27,28)29/h5-10,13-14,17,20H,11-12H2,1-4H3,(H,30,32)/t17-,20-. The Morgan fingerprint density at radius 1 is 1.03 bits per heavy atom. The molecule has 3 aromatic rings. The number of fused-ring (bicyclic) bond motifs is 1. The van der Waals surface area contributed by atoms with Gasteiger partial charge in [0, 0.05) is 18.5 Å². The number of halogens is 3. The van der Waals surface area contributed by atoms with Crippen molar-refractivity contribution < 1.29 is 32.2 Å². The summed E-state index contributed by atoms with van der Waals surface area (Å²) in [5.74, 6) is 0.425. The SMILES string of the molecule is CC(=O)Nc1cn(C(=O)OC(C)(C)C)c2ccc(O[C@H]3C[C@H](c4ccc(C(F)(F)F)cc4)C3)cc12. The van der Waals surface area contributed by atoms with Crippen LogP contribution in [0.1, 0.15) is 57.6 Å². The van der Waals surface area contributed by atoms with Crippen molar-refractivity contribution in [2.24, 2.45) is 0 Å². The fraction of sp³-hybridized carbons (Fsp3) is 0.385. The second-order valence-electron chi connectivity index (χ2n) is 9.78. The first kappa shape index (κ1) is 24.6. The number of benzene rings is 2. The Morgan fingerprint density at radius 3 is 2.26 bits per heavy atom. The van der Waals surface area contributed by atoms with Gasteiger partial charge in [0.1, 0.15) is 11.4 Å². The average molecular weight is 489 g/mol. The topological polar surface area (TPSA) is 69.6 Å². The molecule has 1 aliphatic carbocycles. The second kappa shape index (κ2) is 8.94. The van der Waals surface area contributed by atoms with Crippen molar-refractivity contribution in [2.75, 3.05) is 5.32 Å². The highest BCUT2D eigenvalue weighted by molar-refractivity contribution is 6.04. The summed E-state index contributed by atoms with van der Waals surface area (Å²) in [7, 11) is 0. The molecule has 4 rings (SSSR count). The Kier molecular flexibility index (Phi) is 6.29. The van der Waals surface area contributed by atoms with Gasteiger partial charge in [0.15, 0.2) is 0 Å². The van der Waals surface area contributed by atoms with E-state index < -0.39 is 23.4 Å². The third-order valence-corrected chi connectivity index (χ3v) is 5.78. The van der Waals surface area contributed by atoms with E-state index in [-0.39, 0.29) is 17.9 Å². The zero-order valence-corrected chi connectivity index (χ0v) is 19.9. The number of nitrogens with one attached hydrogen (secondary N) is 1. The number of ether oxygens (including phenoxy) is 2. The van der Waals surface area contributed by atoms with Crippen molar-refractivity contribution in [3.8, 4) is 5.75 Å². The molecule has 0 aliphatic heterocycles. The minimum atomic E-state index is -4.35. The molecule has 0 spiro atoms. The van der Waals surface area contributed by atoms with Crippen LogP contribution in [0.4, 0.5) is 23.7 Å². The summed E-state index contributed by atoms with van der Waals surface area (Å²) in [6.45, 7) is 6.70. The van der Waals surface area contributed by atoms with Gasteiger partial charge in [0.2, 0.25) is 5.91 Å². The van der Waals surface area contributed by atoms with E-state index in [1.165, 1.54) is 29.8 Å². The zero-order chi connectivity index (χ0) is 25.5. The lowest BCUT2D eigenvalue weighted by atomic mass is 9.77. The fourth-order valence-electron chi connectivity index (χ4n) is 4.10. The highest BCUT2D eigenvalue weighted by Gasteiger charge is 2.34. The molecule has 0 atom stereocenters. The summed E-state index contributed by atoms with van der Waals surface area (Å²) in [6.07, 6.45) is -2.11. The molecule has 0 bridgehead atoms. The van der Waals surface area contributed by atoms with Crippen molar-refractivity contribution in [3.63, 3.8) is 0 Å². The number of alkyl halides is 3. The second-order valence-corrected chi connectivity index (χ2v) is 9.78. The molecule has 0 saturated heterocycles. The first-order valence-electron chi connectivity index (χ1n) is 11.3. The van der Waals surface area contributed by atoms with E-state index in [1.807, 2.05) is 0 Å². The molecule has 0 radical (unpaired) electrons. The van der Waals surface area contributed by atoms with Crippen molar-refractivity contribution in [3.05, 3.63) is 59.8 Å². The molecular weight excluding hydrogens is 461 g/mol. The van der Waals surface area contributed by atoms with Gasteiger partial charge in [-0.1, -0.05) is 12.1 Å². The number of anilines is 1. The van der Waals surface area contributed by atoms with Crippen molar-refractivity contribution in [1.82, 2.24) is 4.57 Å². The van der Waals surface area contributed by atoms with Crippen LogP contribution < -0.4 is 10.1 Å². The van der Waals surface area contributed by atoms with E-state index in [9.17, 15) is 22.8 Å². The summed E-state index contributed by atoms with van der Waals surface area (Å²) >= 11 is 0. The molecule has 9 heteroatoms. The Labute approximate surface area is 201 Å². The summed E-state index contributed by atoms with van der Waals surface area (Å²) in [4.78, 5) is 24.4. The van der Waals surface area contributed by atoms with E-state index in [1.54, 1.807) is 39.0 Å². The molecule has 1 heterocycles. The Bertz CT molecular complexity index is 1250. The third-order valence-electron chi connectivity index (χ3n) is 5.78. The Morgan fingerprint density at radius 2 is 1.69 bits per heavy atom. The normalized spacial score (nSPS) is 18.1. The van der Waals surface area contributed by atoms with E-state index in [4.69, 9.17) is 9.47 Å². The summed E-state index contributed by atoms with van der Waals surface area (Å²) in [6, 6.07) is 10.5. The van der Waals surface area contributed by atoms with Gasteiger partial charge in [0.25, 0.3) is 0 Å². The summed E-state index contributed by atoms with van der Waals surface area (Å²) in [5.41, 5.74) is 0.538. The monoisotopic (exact) mass is 488 g/mol. The number of nitrogens with zero attached hydrogens (tertiary/aromatic N) is 1. The van der Waals surface area contributed by atoms with Crippen LogP contribution in [0.3, 0.4) is 0 Å². The van der Waals surface area contributed by atoms with Crippen LogP contribution in [0.2, 0.25) is 0 Å². The molecule has 1 amide bonds. The zero-order valence-electron chi connectivity index (χ0n) is 19.9. The lowest BCUT2D eigenvalue weighted by Gasteiger charge is -2.35. The van der Waals surface area contributed by atoms with Crippen LogP contribution in [-0.4, -0.2) is 28.3 Å². The van der Waals surface area contributed by atoms with Gasteiger partial charge in [-0.15, -0.1) is 0 Å². The minimum Gasteiger partial charge on any atom is -0.490 e. The van der Waals surface area contributed by atoms with Gasteiger partial charge < -0.3 is 14.8 Å². The molecule has 35 heavy (non-hydrogen) atoms. The van der Waals surface area contributed by atoms with Crippen molar-refractivity contribution in [2.45, 2.75) is 64.3 Å². The summed E-state index contributed by atoms with van der Waals surface area (Å²) < 4.78 is 51.2. The van der Waals surface area contributed by atoms with Gasteiger partial charge in [0.05, 0.1) is 22.9 Å². The number of carbonyl (C=O) groups is 2. The van der Waals surface area contributed by atoms with Gasteiger partial charge in [-0.05, 0) is 75.4 Å². The van der Waals surface area contributed by atoms with E-state index in [0.717, 1.165) is 17.7 Å². The molecule has 1 N–H and O–H groups in total. The summed E-state index contributed by atoms with van der Waals surface area (Å²) in [5, 5.41) is 3.36. The molecule has 6 nitrogen and oxygen atoms in total.